The summed E-state index contributed by atoms with van der Waals surface area (Å²) in [4.78, 5) is 3.72. The van der Waals surface area contributed by atoms with Crippen molar-refractivity contribution in [1.82, 2.24) is 4.98 Å². The summed E-state index contributed by atoms with van der Waals surface area (Å²) in [6, 6.07) is 0.853. The molecule has 0 unspecified atom stereocenters. The maximum absolute atomic E-state index is 12.7. The van der Waals surface area contributed by atoms with Gasteiger partial charge < -0.3 is 9.47 Å². The van der Waals surface area contributed by atoms with E-state index in [1.54, 1.807) is 6.92 Å². The number of alkyl halides is 3. The molecule has 1 aromatic rings. The first kappa shape index (κ1) is 13.3. The molecule has 0 fully saturated rings. The highest BCUT2D eigenvalue weighted by molar-refractivity contribution is 5.53. The van der Waals surface area contributed by atoms with Crippen LogP contribution in [0.3, 0.4) is 0 Å². The third kappa shape index (κ3) is 3.65. The zero-order valence-corrected chi connectivity index (χ0v) is 9.41. The third-order valence-corrected chi connectivity index (χ3v) is 1.93. The van der Waals surface area contributed by atoms with E-state index in [0.29, 0.717) is 6.61 Å². The van der Waals surface area contributed by atoms with Crippen LogP contribution in [0.2, 0.25) is 0 Å². The lowest BCUT2D eigenvalue weighted by molar-refractivity contribution is -0.137. The number of halogens is 3. The standard InChI is InChI=1S/C11H12F3NO2/c1-3-17-5-4-8-7-15-10(16-2)6-9(8)11(12,13)14/h4-7H,3H2,1-2H3/b5-4+. The molecule has 0 saturated carbocycles. The third-order valence-electron chi connectivity index (χ3n) is 1.93. The fourth-order valence-electron chi connectivity index (χ4n) is 1.15. The molecule has 0 aliphatic heterocycles. The zero-order valence-electron chi connectivity index (χ0n) is 9.41. The Labute approximate surface area is 96.9 Å². The van der Waals surface area contributed by atoms with E-state index < -0.39 is 11.7 Å². The van der Waals surface area contributed by atoms with Gasteiger partial charge in [-0.2, -0.15) is 13.2 Å². The average Bonchev–Trinajstić information content (AvgIpc) is 2.28. The van der Waals surface area contributed by atoms with Crippen LogP contribution in [0.15, 0.2) is 18.5 Å². The summed E-state index contributed by atoms with van der Waals surface area (Å²) in [6.07, 6.45) is -0.934. The second kappa shape index (κ2) is 5.56. The van der Waals surface area contributed by atoms with E-state index in [2.05, 4.69) is 9.72 Å². The summed E-state index contributed by atoms with van der Waals surface area (Å²) >= 11 is 0. The Balaban J connectivity index is 3.11. The highest BCUT2D eigenvalue weighted by Gasteiger charge is 2.33. The van der Waals surface area contributed by atoms with Gasteiger partial charge in [0.15, 0.2) is 0 Å². The molecular formula is C11H12F3NO2. The topological polar surface area (TPSA) is 31.4 Å². The lowest BCUT2D eigenvalue weighted by Gasteiger charge is -2.11. The largest absolute Gasteiger partial charge is 0.501 e. The molecule has 6 heteroatoms. The molecule has 0 radical (unpaired) electrons. The van der Waals surface area contributed by atoms with Crippen LogP contribution in [0.25, 0.3) is 6.08 Å². The Morgan fingerprint density at radius 1 is 1.41 bits per heavy atom. The SMILES string of the molecule is CCO/C=C/c1cnc(OC)cc1C(F)(F)F. The van der Waals surface area contributed by atoms with Crippen LogP contribution in [0.5, 0.6) is 5.88 Å². The monoisotopic (exact) mass is 247 g/mol. The maximum Gasteiger partial charge on any atom is 0.417 e. The molecule has 1 heterocycles. The highest BCUT2D eigenvalue weighted by Crippen LogP contribution is 2.34. The molecule has 1 rings (SSSR count). The Morgan fingerprint density at radius 2 is 2.12 bits per heavy atom. The summed E-state index contributed by atoms with van der Waals surface area (Å²) in [6.45, 7) is 2.13. The molecule has 0 spiro atoms. The van der Waals surface area contributed by atoms with Crippen LogP contribution in [0.1, 0.15) is 18.1 Å². The second-order valence-corrected chi connectivity index (χ2v) is 3.07. The van der Waals surface area contributed by atoms with Gasteiger partial charge in [-0.1, -0.05) is 0 Å². The van der Waals surface area contributed by atoms with Gasteiger partial charge in [-0.15, -0.1) is 0 Å². The van der Waals surface area contributed by atoms with Crippen LogP contribution in [-0.4, -0.2) is 18.7 Å². The van der Waals surface area contributed by atoms with Crippen molar-refractivity contribution in [1.29, 1.82) is 0 Å². The number of aromatic nitrogens is 1. The van der Waals surface area contributed by atoms with Crippen LogP contribution >= 0.6 is 0 Å². The summed E-state index contributed by atoms with van der Waals surface area (Å²) in [5.74, 6) is -0.0779. The number of pyridine rings is 1. The van der Waals surface area contributed by atoms with Gasteiger partial charge in [0, 0.05) is 17.8 Å². The molecule has 1 aromatic heterocycles. The van der Waals surface area contributed by atoms with Crippen LogP contribution < -0.4 is 4.74 Å². The molecule has 94 valence electrons. The van der Waals surface area contributed by atoms with Gasteiger partial charge in [0.05, 0.1) is 25.5 Å². The summed E-state index contributed by atoms with van der Waals surface area (Å²) in [5.41, 5.74) is -0.868. The molecule has 0 atom stereocenters. The average molecular weight is 247 g/mol. The zero-order chi connectivity index (χ0) is 12.9. The summed E-state index contributed by atoms with van der Waals surface area (Å²) in [5, 5.41) is 0. The van der Waals surface area contributed by atoms with Gasteiger partial charge in [-0.05, 0) is 13.0 Å². The van der Waals surface area contributed by atoms with Gasteiger partial charge in [0.25, 0.3) is 0 Å². The lowest BCUT2D eigenvalue weighted by Crippen LogP contribution is -2.08. The van der Waals surface area contributed by atoms with E-state index in [1.165, 1.54) is 19.4 Å². The molecule has 0 aliphatic carbocycles. The van der Waals surface area contributed by atoms with Crippen molar-refractivity contribution in [3.63, 3.8) is 0 Å². The molecule has 0 saturated heterocycles. The highest BCUT2D eigenvalue weighted by atomic mass is 19.4. The minimum atomic E-state index is -4.46. The van der Waals surface area contributed by atoms with Crippen molar-refractivity contribution in [3.05, 3.63) is 29.7 Å². The van der Waals surface area contributed by atoms with Crippen molar-refractivity contribution in [2.24, 2.45) is 0 Å². The first-order valence-electron chi connectivity index (χ1n) is 4.88. The van der Waals surface area contributed by atoms with Crippen LogP contribution in [0.4, 0.5) is 13.2 Å². The number of methoxy groups -OCH3 is 1. The molecule has 0 bridgehead atoms. The van der Waals surface area contributed by atoms with E-state index in [4.69, 9.17) is 4.74 Å². The number of rotatable bonds is 4. The van der Waals surface area contributed by atoms with Gasteiger partial charge in [-0.3, -0.25) is 0 Å². The Bertz CT molecular complexity index is 402. The van der Waals surface area contributed by atoms with Gasteiger partial charge >= 0.3 is 6.18 Å². The summed E-state index contributed by atoms with van der Waals surface area (Å²) in [7, 11) is 1.26. The van der Waals surface area contributed by atoms with Crippen LogP contribution in [0, 0.1) is 0 Å². The van der Waals surface area contributed by atoms with Gasteiger partial charge in [-0.25, -0.2) is 4.98 Å². The minimum absolute atomic E-state index is 0.0632. The van der Waals surface area contributed by atoms with Crippen molar-refractivity contribution < 1.29 is 22.6 Å². The maximum atomic E-state index is 12.7. The second-order valence-electron chi connectivity index (χ2n) is 3.07. The predicted molar refractivity (Wildman–Crippen MR) is 56.5 cm³/mol. The Hall–Kier alpha value is -1.72. The fourth-order valence-corrected chi connectivity index (χ4v) is 1.15. The Kier molecular flexibility index (Phi) is 4.37. The molecule has 0 aliphatic rings. The lowest BCUT2D eigenvalue weighted by atomic mass is 10.1. The minimum Gasteiger partial charge on any atom is -0.501 e. The van der Waals surface area contributed by atoms with E-state index in [1.807, 2.05) is 0 Å². The van der Waals surface area contributed by atoms with E-state index in [9.17, 15) is 13.2 Å². The van der Waals surface area contributed by atoms with E-state index >= 15 is 0 Å². The first-order valence-corrected chi connectivity index (χ1v) is 4.88. The number of hydrogen-bond donors (Lipinski definition) is 0. The fraction of sp³-hybridized carbons (Fsp3) is 0.364. The smallest absolute Gasteiger partial charge is 0.417 e. The molecule has 17 heavy (non-hydrogen) atoms. The quantitative estimate of drug-likeness (QED) is 0.766. The number of nitrogens with zero attached hydrogens (tertiary/aromatic N) is 1. The van der Waals surface area contributed by atoms with E-state index in [0.717, 1.165) is 12.3 Å². The van der Waals surface area contributed by atoms with Crippen molar-refractivity contribution >= 4 is 6.08 Å². The van der Waals surface area contributed by atoms with Crippen molar-refractivity contribution in [2.75, 3.05) is 13.7 Å². The normalized spacial score (nSPS) is 11.8. The van der Waals surface area contributed by atoms with Crippen molar-refractivity contribution in [3.8, 4) is 5.88 Å². The molecule has 0 aromatic carbocycles. The predicted octanol–water partition coefficient (Wildman–Crippen LogP) is 3.12. The molecule has 3 nitrogen and oxygen atoms in total. The molecular weight excluding hydrogens is 235 g/mol. The van der Waals surface area contributed by atoms with Gasteiger partial charge in [0.1, 0.15) is 0 Å². The summed E-state index contributed by atoms with van der Waals surface area (Å²) < 4.78 is 47.7. The van der Waals surface area contributed by atoms with E-state index in [-0.39, 0.29) is 11.4 Å². The van der Waals surface area contributed by atoms with Gasteiger partial charge in [0.2, 0.25) is 5.88 Å². The van der Waals surface area contributed by atoms with Crippen LogP contribution in [-0.2, 0) is 10.9 Å². The molecule has 0 amide bonds. The Morgan fingerprint density at radius 3 is 2.65 bits per heavy atom. The number of hydrogen-bond acceptors (Lipinski definition) is 3. The van der Waals surface area contributed by atoms with Crippen molar-refractivity contribution in [2.45, 2.75) is 13.1 Å². The first-order chi connectivity index (χ1) is 7.99. The molecule has 0 N–H and O–H groups in total. The number of ether oxygens (including phenoxy) is 2.